The Morgan fingerprint density at radius 1 is 1.08 bits per heavy atom. The normalized spacial score (nSPS) is 16.4. The first-order chi connectivity index (χ1) is 17.7. The van der Waals surface area contributed by atoms with Crippen LogP contribution in [0.15, 0.2) is 66.7 Å². The van der Waals surface area contributed by atoms with Crippen LogP contribution in [0.2, 0.25) is 0 Å². The van der Waals surface area contributed by atoms with Crippen molar-refractivity contribution in [1.29, 1.82) is 0 Å². The average molecular weight is 526 g/mol. The lowest BCUT2D eigenvalue weighted by Gasteiger charge is -2.15. The van der Waals surface area contributed by atoms with Crippen molar-refractivity contribution >= 4 is 27.2 Å². The molecule has 1 N–H and O–H groups in total. The van der Waals surface area contributed by atoms with Crippen LogP contribution >= 0.6 is 11.3 Å². The van der Waals surface area contributed by atoms with Crippen LogP contribution in [0.3, 0.4) is 0 Å². The van der Waals surface area contributed by atoms with Gasteiger partial charge in [-0.05, 0) is 73.3 Å². The molecule has 0 aliphatic carbocycles. The second kappa shape index (κ2) is 10.2. The predicted octanol–water partition coefficient (Wildman–Crippen LogP) is 7.53. The van der Waals surface area contributed by atoms with Crippen molar-refractivity contribution in [2.45, 2.75) is 25.9 Å². The van der Waals surface area contributed by atoms with Crippen LogP contribution in [0.1, 0.15) is 39.7 Å². The second-order valence-electron chi connectivity index (χ2n) is 9.54. The third kappa shape index (κ3) is 5.65. The first kappa shape index (κ1) is 25.3. The van der Waals surface area contributed by atoms with Crippen LogP contribution in [-0.4, -0.2) is 35.4 Å². The van der Waals surface area contributed by atoms with Gasteiger partial charge in [0.1, 0.15) is 16.4 Å². The Morgan fingerprint density at radius 2 is 1.81 bits per heavy atom. The summed E-state index contributed by atoms with van der Waals surface area (Å²) in [5.41, 5.74) is 0.495. The van der Waals surface area contributed by atoms with Crippen molar-refractivity contribution in [3.63, 3.8) is 0 Å². The number of alkyl halides is 3. The van der Waals surface area contributed by atoms with Crippen molar-refractivity contribution < 1.29 is 27.8 Å². The zero-order valence-electron chi connectivity index (χ0n) is 20.2. The molecular formula is C29H26F3NO3S. The van der Waals surface area contributed by atoms with E-state index in [0.717, 1.165) is 55.4 Å². The van der Waals surface area contributed by atoms with Gasteiger partial charge in [0, 0.05) is 28.7 Å². The fourth-order valence-corrected chi connectivity index (χ4v) is 5.74. The van der Waals surface area contributed by atoms with Crippen molar-refractivity contribution in [3.05, 3.63) is 88.3 Å². The van der Waals surface area contributed by atoms with Gasteiger partial charge in [0.25, 0.3) is 0 Å². The second-order valence-corrected chi connectivity index (χ2v) is 10.6. The van der Waals surface area contributed by atoms with Gasteiger partial charge in [-0.3, -0.25) is 4.79 Å². The molecule has 1 aliphatic rings. The summed E-state index contributed by atoms with van der Waals surface area (Å²) in [7, 11) is 0. The van der Waals surface area contributed by atoms with Gasteiger partial charge in [0.15, 0.2) is 5.75 Å². The maximum atomic E-state index is 13.3. The van der Waals surface area contributed by atoms with Crippen molar-refractivity contribution in [3.8, 4) is 17.2 Å². The molecule has 4 nitrogen and oxygen atoms in total. The summed E-state index contributed by atoms with van der Waals surface area (Å²) in [4.78, 5) is 16.1. The fraction of sp³-hybridized carbons (Fsp3) is 0.276. The van der Waals surface area contributed by atoms with Gasteiger partial charge >= 0.3 is 6.18 Å². The molecule has 0 bridgehead atoms. The summed E-state index contributed by atoms with van der Waals surface area (Å²) in [6.07, 6.45) is -2.30. The topological polar surface area (TPSA) is 49.8 Å². The quantitative estimate of drug-likeness (QED) is 0.253. The number of aromatic hydroxyl groups is 1. The molecule has 0 spiro atoms. The van der Waals surface area contributed by atoms with Crippen LogP contribution in [0.25, 0.3) is 10.1 Å². The van der Waals surface area contributed by atoms with E-state index in [-0.39, 0.29) is 16.2 Å². The molecule has 1 fully saturated rings. The zero-order chi connectivity index (χ0) is 26.2. The van der Waals surface area contributed by atoms with E-state index in [1.807, 2.05) is 24.3 Å². The summed E-state index contributed by atoms with van der Waals surface area (Å²) in [5.74, 6) is 1.22. The lowest BCUT2D eigenvalue weighted by Crippen LogP contribution is -2.22. The van der Waals surface area contributed by atoms with Gasteiger partial charge in [0.2, 0.25) is 5.78 Å². The molecule has 8 heteroatoms. The summed E-state index contributed by atoms with van der Waals surface area (Å²) in [6, 6.07) is 16.6. The minimum absolute atomic E-state index is 0.0468. The lowest BCUT2D eigenvalue weighted by atomic mass is 10.1. The summed E-state index contributed by atoms with van der Waals surface area (Å²) < 4.78 is 45.7. The number of carbonyl (C=O) groups excluding carboxylic acids is 1. The van der Waals surface area contributed by atoms with Gasteiger partial charge in [-0.1, -0.05) is 31.2 Å². The third-order valence-electron chi connectivity index (χ3n) is 6.68. The molecule has 1 atom stereocenters. The van der Waals surface area contributed by atoms with Gasteiger partial charge in [-0.15, -0.1) is 11.3 Å². The Hall–Kier alpha value is -3.36. The first-order valence-corrected chi connectivity index (χ1v) is 13.0. The van der Waals surface area contributed by atoms with E-state index in [1.54, 1.807) is 12.1 Å². The number of rotatable bonds is 7. The molecule has 3 aromatic carbocycles. The third-order valence-corrected chi connectivity index (χ3v) is 7.81. The fourth-order valence-electron chi connectivity index (χ4n) is 4.61. The lowest BCUT2D eigenvalue weighted by molar-refractivity contribution is -0.137. The SMILES string of the molecule is C[C@H]1CCN(CCc2ccc(Oc3c(C(=O)c4ccc(C(F)(F)F)cc4)sc4cc(O)ccc34)cc2)C1. The van der Waals surface area contributed by atoms with E-state index in [2.05, 4.69) is 11.8 Å². The van der Waals surface area contributed by atoms with E-state index < -0.39 is 17.5 Å². The first-order valence-electron chi connectivity index (χ1n) is 12.1. The highest BCUT2D eigenvalue weighted by Gasteiger charge is 2.31. The van der Waals surface area contributed by atoms with E-state index >= 15 is 0 Å². The van der Waals surface area contributed by atoms with Crippen molar-refractivity contribution in [2.75, 3.05) is 19.6 Å². The number of thiophene rings is 1. The predicted molar refractivity (Wildman–Crippen MR) is 139 cm³/mol. The Kier molecular flexibility index (Phi) is 6.96. The zero-order valence-corrected chi connectivity index (χ0v) is 21.0. The molecule has 37 heavy (non-hydrogen) atoms. The van der Waals surface area contributed by atoms with Crippen LogP contribution in [-0.2, 0) is 12.6 Å². The molecule has 1 saturated heterocycles. The van der Waals surface area contributed by atoms with Crippen molar-refractivity contribution in [1.82, 2.24) is 4.90 Å². The van der Waals surface area contributed by atoms with E-state index in [9.17, 15) is 23.1 Å². The number of hydrogen-bond donors (Lipinski definition) is 1. The average Bonchev–Trinajstić information content (AvgIpc) is 3.45. The Morgan fingerprint density at radius 3 is 2.46 bits per heavy atom. The highest BCUT2D eigenvalue weighted by atomic mass is 32.1. The molecule has 5 rings (SSSR count). The number of hydrogen-bond acceptors (Lipinski definition) is 5. The van der Waals surface area contributed by atoms with Gasteiger partial charge in [-0.25, -0.2) is 0 Å². The smallest absolute Gasteiger partial charge is 0.416 e. The molecule has 1 aromatic heterocycles. The largest absolute Gasteiger partial charge is 0.508 e. The van der Waals surface area contributed by atoms with Crippen LogP contribution in [0.4, 0.5) is 13.2 Å². The Bertz CT molecular complexity index is 1410. The maximum Gasteiger partial charge on any atom is 0.416 e. The molecule has 0 amide bonds. The number of phenolic OH excluding ortho intramolecular Hbond substituents is 1. The van der Waals surface area contributed by atoms with Gasteiger partial charge in [0.05, 0.1) is 5.56 Å². The number of halogens is 3. The molecule has 0 radical (unpaired) electrons. The Labute approximate surface area is 216 Å². The number of likely N-dealkylation sites (tertiary alicyclic amines) is 1. The van der Waals surface area contributed by atoms with E-state index in [0.29, 0.717) is 21.6 Å². The van der Waals surface area contributed by atoms with E-state index in [4.69, 9.17) is 4.74 Å². The van der Waals surface area contributed by atoms with Gasteiger partial charge in [-0.2, -0.15) is 13.2 Å². The summed E-state index contributed by atoms with van der Waals surface area (Å²) in [5, 5.41) is 10.6. The molecular weight excluding hydrogens is 499 g/mol. The Balaban J connectivity index is 1.39. The summed E-state index contributed by atoms with van der Waals surface area (Å²) >= 11 is 1.13. The highest BCUT2D eigenvalue weighted by molar-refractivity contribution is 7.21. The number of fused-ring (bicyclic) bond motifs is 1. The number of phenols is 1. The van der Waals surface area contributed by atoms with Crippen LogP contribution < -0.4 is 4.74 Å². The number of benzene rings is 3. The highest BCUT2D eigenvalue weighted by Crippen LogP contribution is 2.43. The summed E-state index contributed by atoms with van der Waals surface area (Å²) in [6.45, 7) is 5.56. The standard InChI is InChI=1S/C29H26F3NO3S/c1-18-12-14-33(17-18)15-13-19-2-9-23(10-3-19)36-27-24-11-8-22(34)16-25(24)37-28(27)26(35)20-4-6-21(7-5-20)29(30,31)32/h2-11,16,18,34H,12-15,17H2,1H3/t18-/m0/s1. The maximum absolute atomic E-state index is 13.3. The van der Waals surface area contributed by atoms with Crippen LogP contribution in [0.5, 0.6) is 17.2 Å². The molecule has 0 saturated carbocycles. The number of carbonyl (C=O) groups is 1. The number of nitrogens with zero attached hydrogens (tertiary/aromatic N) is 1. The molecule has 0 unspecified atom stereocenters. The minimum atomic E-state index is -4.48. The number of ketones is 1. The minimum Gasteiger partial charge on any atom is -0.508 e. The molecule has 192 valence electrons. The monoisotopic (exact) mass is 525 g/mol. The molecule has 4 aromatic rings. The van der Waals surface area contributed by atoms with Crippen molar-refractivity contribution in [2.24, 2.45) is 5.92 Å². The molecule has 1 aliphatic heterocycles. The number of ether oxygens (including phenoxy) is 1. The van der Waals surface area contributed by atoms with Crippen LogP contribution in [0, 0.1) is 5.92 Å². The van der Waals surface area contributed by atoms with Gasteiger partial charge < -0.3 is 14.7 Å². The molecule has 2 heterocycles. The van der Waals surface area contributed by atoms with E-state index in [1.165, 1.54) is 30.2 Å².